The number of hydrogen-bond donors (Lipinski definition) is 2. The highest BCUT2D eigenvalue weighted by Gasteiger charge is 2.31. The lowest BCUT2D eigenvalue weighted by molar-refractivity contribution is -0.137. The Morgan fingerprint density at radius 3 is 2.78 bits per heavy atom. The number of alkyl halides is 3. The largest absolute Gasteiger partial charge is 0.416 e. The third-order valence-electron chi connectivity index (χ3n) is 3.15. The molecular formula is C14H16F3N5O. The number of anilines is 1. The van der Waals surface area contributed by atoms with Crippen molar-refractivity contribution >= 4 is 11.7 Å². The summed E-state index contributed by atoms with van der Waals surface area (Å²) in [6, 6.07) is 4.47. The summed E-state index contributed by atoms with van der Waals surface area (Å²) in [5, 5.41) is 9.96. The third kappa shape index (κ3) is 3.79. The lowest BCUT2D eigenvalue weighted by atomic mass is 10.2. The summed E-state index contributed by atoms with van der Waals surface area (Å²) in [5.41, 5.74) is 4.93. The minimum absolute atomic E-state index is 0.0810. The van der Waals surface area contributed by atoms with Crippen LogP contribution in [0.1, 0.15) is 35.8 Å². The number of hydrogen-bond acceptors (Lipinski definition) is 4. The van der Waals surface area contributed by atoms with E-state index in [0.717, 1.165) is 29.7 Å². The fourth-order valence-electron chi connectivity index (χ4n) is 1.92. The SMILES string of the molecule is CCCCNC(=O)c1nnn(-c2cccc(C(F)(F)F)c2)c1N. The van der Waals surface area contributed by atoms with Crippen LogP contribution in [0.15, 0.2) is 24.3 Å². The van der Waals surface area contributed by atoms with Gasteiger partial charge in [0.1, 0.15) is 0 Å². The standard InChI is InChI=1S/C14H16F3N5O/c1-2-3-7-19-13(23)11-12(18)22(21-20-11)10-6-4-5-9(8-10)14(15,16)17/h4-6,8H,2-3,7,18H2,1H3,(H,19,23). The number of carbonyl (C=O) groups excluding carboxylic acids is 1. The molecule has 1 aromatic heterocycles. The van der Waals surface area contributed by atoms with Gasteiger partial charge in [0.2, 0.25) is 0 Å². The Labute approximate surface area is 130 Å². The maximum Gasteiger partial charge on any atom is 0.416 e. The van der Waals surface area contributed by atoms with Gasteiger partial charge < -0.3 is 11.1 Å². The molecule has 1 amide bonds. The first-order chi connectivity index (χ1) is 10.8. The minimum Gasteiger partial charge on any atom is -0.382 e. The van der Waals surface area contributed by atoms with E-state index in [4.69, 9.17) is 5.73 Å². The first-order valence-corrected chi connectivity index (χ1v) is 7.01. The van der Waals surface area contributed by atoms with E-state index in [9.17, 15) is 18.0 Å². The van der Waals surface area contributed by atoms with Crippen LogP contribution >= 0.6 is 0 Å². The molecule has 0 aliphatic carbocycles. The normalized spacial score (nSPS) is 11.5. The lowest BCUT2D eigenvalue weighted by Gasteiger charge is -2.09. The van der Waals surface area contributed by atoms with Crippen molar-refractivity contribution in [3.63, 3.8) is 0 Å². The molecule has 0 aliphatic rings. The summed E-state index contributed by atoms with van der Waals surface area (Å²) < 4.78 is 39.3. The van der Waals surface area contributed by atoms with Gasteiger partial charge in [-0.25, -0.2) is 0 Å². The number of carbonyl (C=O) groups is 1. The molecule has 9 heteroatoms. The Bertz CT molecular complexity index is 696. The maximum atomic E-state index is 12.7. The molecule has 3 N–H and O–H groups in total. The van der Waals surface area contributed by atoms with Crippen LogP contribution in [-0.4, -0.2) is 27.4 Å². The second-order valence-corrected chi connectivity index (χ2v) is 4.89. The van der Waals surface area contributed by atoms with Crippen LogP contribution < -0.4 is 11.1 Å². The van der Waals surface area contributed by atoms with E-state index < -0.39 is 17.6 Å². The van der Waals surface area contributed by atoms with E-state index in [1.165, 1.54) is 12.1 Å². The van der Waals surface area contributed by atoms with E-state index in [2.05, 4.69) is 15.6 Å². The molecule has 0 saturated heterocycles. The zero-order chi connectivity index (χ0) is 17.0. The zero-order valence-electron chi connectivity index (χ0n) is 12.4. The van der Waals surface area contributed by atoms with Crippen LogP contribution in [0, 0.1) is 0 Å². The fraction of sp³-hybridized carbons (Fsp3) is 0.357. The van der Waals surface area contributed by atoms with Gasteiger partial charge in [0.25, 0.3) is 5.91 Å². The van der Waals surface area contributed by atoms with E-state index in [-0.39, 0.29) is 17.2 Å². The van der Waals surface area contributed by atoms with Gasteiger partial charge in [-0.3, -0.25) is 4.79 Å². The second-order valence-electron chi connectivity index (χ2n) is 4.89. The summed E-state index contributed by atoms with van der Waals surface area (Å²) in [5.74, 6) is -0.618. The monoisotopic (exact) mass is 327 g/mol. The van der Waals surface area contributed by atoms with E-state index in [0.29, 0.717) is 6.54 Å². The van der Waals surface area contributed by atoms with Gasteiger partial charge in [0.05, 0.1) is 11.3 Å². The van der Waals surface area contributed by atoms with Gasteiger partial charge in [-0.2, -0.15) is 17.9 Å². The van der Waals surface area contributed by atoms with Crippen molar-refractivity contribution in [3.8, 4) is 5.69 Å². The third-order valence-corrected chi connectivity index (χ3v) is 3.15. The summed E-state index contributed by atoms with van der Waals surface area (Å²) in [6.45, 7) is 2.44. The van der Waals surface area contributed by atoms with Crippen molar-refractivity contribution in [2.45, 2.75) is 25.9 Å². The summed E-state index contributed by atoms with van der Waals surface area (Å²) in [7, 11) is 0. The van der Waals surface area contributed by atoms with Crippen molar-refractivity contribution < 1.29 is 18.0 Å². The predicted molar refractivity (Wildman–Crippen MR) is 78.0 cm³/mol. The van der Waals surface area contributed by atoms with Crippen molar-refractivity contribution in [1.29, 1.82) is 0 Å². The Morgan fingerprint density at radius 1 is 1.39 bits per heavy atom. The smallest absolute Gasteiger partial charge is 0.382 e. The van der Waals surface area contributed by atoms with Gasteiger partial charge in [-0.1, -0.05) is 24.6 Å². The van der Waals surface area contributed by atoms with Gasteiger partial charge >= 0.3 is 6.18 Å². The number of amides is 1. The molecule has 6 nitrogen and oxygen atoms in total. The molecule has 0 bridgehead atoms. The number of unbranched alkanes of at least 4 members (excludes halogenated alkanes) is 1. The quantitative estimate of drug-likeness (QED) is 0.826. The average Bonchev–Trinajstić information content (AvgIpc) is 2.88. The highest BCUT2D eigenvalue weighted by atomic mass is 19.4. The topological polar surface area (TPSA) is 85.8 Å². The Kier molecular flexibility index (Phi) is 4.87. The van der Waals surface area contributed by atoms with E-state index in [1.807, 2.05) is 6.92 Å². The molecule has 2 aromatic rings. The molecule has 0 unspecified atom stereocenters. The van der Waals surface area contributed by atoms with Crippen LogP contribution in [0.3, 0.4) is 0 Å². The number of rotatable bonds is 5. The van der Waals surface area contributed by atoms with Crippen molar-refractivity contribution in [2.75, 3.05) is 12.3 Å². The number of nitrogen functional groups attached to an aromatic ring is 1. The number of nitrogens with zero attached hydrogens (tertiary/aromatic N) is 3. The zero-order valence-corrected chi connectivity index (χ0v) is 12.4. The fourth-order valence-corrected chi connectivity index (χ4v) is 1.92. The molecule has 0 aliphatic heterocycles. The number of halogens is 3. The minimum atomic E-state index is -4.48. The molecule has 0 radical (unpaired) electrons. The van der Waals surface area contributed by atoms with Crippen LogP contribution in [0.25, 0.3) is 5.69 Å². The highest BCUT2D eigenvalue weighted by Crippen LogP contribution is 2.30. The Hall–Kier alpha value is -2.58. The van der Waals surface area contributed by atoms with Crippen molar-refractivity contribution in [1.82, 2.24) is 20.3 Å². The van der Waals surface area contributed by atoms with Crippen LogP contribution in [0.2, 0.25) is 0 Å². The Balaban J connectivity index is 2.27. The molecule has 124 valence electrons. The van der Waals surface area contributed by atoms with Crippen molar-refractivity contribution in [3.05, 3.63) is 35.5 Å². The van der Waals surface area contributed by atoms with Gasteiger partial charge in [-0.05, 0) is 24.6 Å². The summed E-state index contributed by atoms with van der Waals surface area (Å²) >= 11 is 0. The first-order valence-electron chi connectivity index (χ1n) is 7.01. The van der Waals surface area contributed by atoms with E-state index >= 15 is 0 Å². The molecule has 1 aromatic carbocycles. The number of benzene rings is 1. The first kappa shape index (κ1) is 16.8. The molecule has 1 heterocycles. The number of nitrogens with two attached hydrogens (primary N) is 1. The Morgan fingerprint density at radius 2 is 2.13 bits per heavy atom. The number of nitrogens with one attached hydrogen (secondary N) is 1. The van der Waals surface area contributed by atoms with Crippen LogP contribution in [-0.2, 0) is 6.18 Å². The average molecular weight is 327 g/mol. The molecule has 23 heavy (non-hydrogen) atoms. The van der Waals surface area contributed by atoms with Crippen LogP contribution in [0.5, 0.6) is 0 Å². The maximum absolute atomic E-state index is 12.7. The predicted octanol–water partition coefficient (Wildman–Crippen LogP) is 2.40. The van der Waals surface area contributed by atoms with Gasteiger partial charge in [0.15, 0.2) is 11.5 Å². The molecule has 2 rings (SSSR count). The molecule has 0 fully saturated rings. The van der Waals surface area contributed by atoms with Gasteiger partial charge in [-0.15, -0.1) is 5.10 Å². The molecule has 0 saturated carbocycles. The summed E-state index contributed by atoms with van der Waals surface area (Å²) in [4.78, 5) is 11.9. The van der Waals surface area contributed by atoms with Gasteiger partial charge in [0, 0.05) is 6.54 Å². The van der Waals surface area contributed by atoms with Crippen LogP contribution in [0.4, 0.5) is 19.0 Å². The lowest BCUT2D eigenvalue weighted by Crippen LogP contribution is -2.25. The molecule has 0 spiro atoms. The van der Waals surface area contributed by atoms with Crippen molar-refractivity contribution in [2.24, 2.45) is 0 Å². The molecular weight excluding hydrogens is 311 g/mol. The number of aromatic nitrogens is 3. The highest BCUT2D eigenvalue weighted by molar-refractivity contribution is 5.96. The molecule has 0 atom stereocenters. The van der Waals surface area contributed by atoms with E-state index in [1.54, 1.807) is 0 Å². The summed E-state index contributed by atoms with van der Waals surface area (Å²) in [6.07, 6.45) is -2.77. The second kappa shape index (κ2) is 6.67.